The van der Waals surface area contributed by atoms with Crippen LogP contribution in [0, 0.1) is 0 Å². The molecule has 0 unspecified atom stereocenters. The maximum Gasteiger partial charge on any atom is 0.261 e. The molecular weight excluding hydrogens is 366 g/mol. The van der Waals surface area contributed by atoms with Gasteiger partial charge in [0, 0.05) is 44.4 Å². The number of anilines is 1. The minimum Gasteiger partial charge on any atom is -0.484 e. The molecule has 2 amide bonds. The van der Waals surface area contributed by atoms with Crippen LogP contribution in [0.4, 0.5) is 5.69 Å². The second-order valence-electron chi connectivity index (χ2n) is 7.71. The van der Waals surface area contributed by atoms with E-state index >= 15 is 0 Å². The number of hydrogen-bond acceptors (Lipinski definition) is 4. The molecule has 2 aromatic rings. The van der Waals surface area contributed by atoms with E-state index in [2.05, 4.69) is 24.1 Å². The molecule has 2 heterocycles. The van der Waals surface area contributed by atoms with Crippen LogP contribution in [0.3, 0.4) is 0 Å². The molecule has 0 aliphatic carbocycles. The number of nitrogens with zero attached hydrogens (tertiary/aromatic N) is 3. The third-order valence-electron chi connectivity index (χ3n) is 5.65. The van der Waals surface area contributed by atoms with E-state index in [0.717, 1.165) is 37.3 Å². The van der Waals surface area contributed by atoms with Crippen LogP contribution in [0.2, 0.25) is 0 Å². The van der Waals surface area contributed by atoms with Crippen molar-refractivity contribution in [2.24, 2.45) is 0 Å². The number of rotatable bonds is 5. The van der Waals surface area contributed by atoms with Crippen molar-refractivity contribution in [1.29, 1.82) is 0 Å². The molecule has 0 spiro atoms. The first-order valence-electron chi connectivity index (χ1n) is 10.2. The summed E-state index contributed by atoms with van der Waals surface area (Å²) < 4.78 is 5.82. The molecule has 0 aromatic heterocycles. The van der Waals surface area contributed by atoms with Gasteiger partial charge in [-0.3, -0.25) is 9.59 Å². The van der Waals surface area contributed by atoms with Crippen LogP contribution in [0.15, 0.2) is 54.6 Å². The summed E-state index contributed by atoms with van der Waals surface area (Å²) in [7, 11) is 2.08. The van der Waals surface area contributed by atoms with Gasteiger partial charge in [-0.15, -0.1) is 0 Å². The Morgan fingerprint density at radius 1 is 1.07 bits per heavy atom. The molecular formula is C23H27N3O3. The molecule has 0 bridgehead atoms. The lowest BCUT2D eigenvalue weighted by molar-refractivity contribution is -0.138. The van der Waals surface area contributed by atoms with Crippen molar-refractivity contribution < 1.29 is 14.3 Å². The summed E-state index contributed by atoms with van der Waals surface area (Å²) in [6.45, 7) is 3.07. The summed E-state index contributed by atoms with van der Waals surface area (Å²) in [6, 6.07) is 17.6. The van der Waals surface area contributed by atoms with Crippen molar-refractivity contribution in [2.75, 3.05) is 44.7 Å². The fourth-order valence-electron chi connectivity index (χ4n) is 4.07. The van der Waals surface area contributed by atoms with Crippen LogP contribution in [-0.4, -0.2) is 61.4 Å². The lowest BCUT2D eigenvalue weighted by Gasteiger charge is -2.40. The van der Waals surface area contributed by atoms with Crippen molar-refractivity contribution in [3.05, 3.63) is 60.2 Å². The molecule has 4 rings (SSSR count). The second kappa shape index (κ2) is 8.66. The SMILES string of the molecule is CN1CCN(C(=O)COc2cccc(N3CCCC3=O)c2)[C@H](c2ccccc2)C1. The van der Waals surface area contributed by atoms with Gasteiger partial charge < -0.3 is 19.4 Å². The average Bonchev–Trinajstić information content (AvgIpc) is 3.19. The molecule has 0 N–H and O–H groups in total. The van der Waals surface area contributed by atoms with E-state index in [4.69, 9.17) is 4.74 Å². The molecule has 2 aromatic carbocycles. The number of likely N-dealkylation sites (N-methyl/N-ethyl adjacent to an activating group) is 1. The molecule has 2 saturated heterocycles. The zero-order valence-corrected chi connectivity index (χ0v) is 16.8. The van der Waals surface area contributed by atoms with Crippen molar-refractivity contribution in [2.45, 2.75) is 18.9 Å². The van der Waals surface area contributed by atoms with Gasteiger partial charge in [-0.2, -0.15) is 0 Å². The van der Waals surface area contributed by atoms with E-state index in [0.29, 0.717) is 18.7 Å². The quantitative estimate of drug-likeness (QED) is 0.784. The Morgan fingerprint density at radius 2 is 1.90 bits per heavy atom. The van der Waals surface area contributed by atoms with Gasteiger partial charge in [0.15, 0.2) is 6.61 Å². The molecule has 1 atom stereocenters. The largest absolute Gasteiger partial charge is 0.484 e. The van der Waals surface area contributed by atoms with Crippen molar-refractivity contribution in [3.8, 4) is 5.75 Å². The maximum atomic E-state index is 13.0. The van der Waals surface area contributed by atoms with Gasteiger partial charge in [0.1, 0.15) is 5.75 Å². The Balaban J connectivity index is 1.43. The predicted molar refractivity (Wildman–Crippen MR) is 112 cm³/mol. The Morgan fingerprint density at radius 3 is 2.66 bits per heavy atom. The third-order valence-corrected chi connectivity index (χ3v) is 5.65. The van der Waals surface area contributed by atoms with Crippen molar-refractivity contribution >= 4 is 17.5 Å². The standard InChI is InChI=1S/C23H27N3O3/c1-24-13-14-26(21(16-24)18-7-3-2-4-8-18)23(28)17-29-20-10-5-9-19(15-20)25-12-6-11-22(25)27/h2-5,7-10,15,21H,6,11-14,16-17H2,1H3/t21-/m0/s1. The number of carbonyl (C=O) groups is 2. The number of piperazine rings is 1. The number of hydrogen-bond donors (Lipinski definition) is 0. The average molecular weight is 393 g/mol. The van der Waals surface area contributed by atoms with Gasteiger partial charge in [-0.1, -0.05) is 36.4 Å². The van der Waals surface area contributed by atoms with E-state index in [9.17, 15) is 9.59 Å². The third kappa shape index (κ3) is 4.43. The van der Waals surface area contributed by atoms with E-state index in [1.807, 2.05) is 47.4 Å². The minimum atomic E-state index is -0.0189. The highest BCUT2D eigenvalue weighted by Crippen LogP contribution is 2.27. The highest BCUT2D eigenvalue weighted by Gasteiger charge is 2.30. The Bertz CT molecular complexity index is 871. The van der Waals surface area contributed by atoms with Crippen molar-refractivity contribution in [3.63, 3.8) is 0 Å². The van der Waals surface area contributed by atoms with E-state index in [1.165, 1.54) is 0 Å². The van der Waals surface area contributed by atoms with Gasteiger partial charge >= 0.3 is 0 Å². The highest BCUT2D eigenvalue weighted by molar-refractivity contribution is 5.95. The monoisotopic (exact) mass is 393 g/mol. The summed E-state index contributed by atoms with van der Waals surface area (Å²) in [6.07, 6.45) is 1.47. The number of benzene rings is 2. The summed E-state index contributed by atoms with van der Waals surface area (Å²) in [5.74, 6) is 0.733. The van der Waals surface area contributed by atoms with Gasteiger partial charge in [-0.25, -0.2) is 0 Å². The lowest BCUT2D eigenvalue weighted by Crippen LogP contribution is -2.50. The number of ether oxygens (including phenoxy) is 1. The Kier molecular flexibility index (Phi) is 5.81. The highest BCUT2D eigenvalue weighted by atomic mass is 16.5. The van der Waals surface area contributed by atoms with Crippen LogP contribution in [0.5, 0.6) is 5.75 Å². The van der Waals surface area contributed by atoms with Crippen molar-refractivity contribution in [1.82, 2.24) is 9.80 Å². The zero-order valence-electron chi connectivity index (χ0n) is 16.8. The molecule has 2 fully saturated rings. The topological polar surface area (TPSA) is 53.1 Å². The first kappa shape index (κ1) is 19.5. The molecule has 0 saturated carbocycles. The fourth-order valence-corrected chi connectivity index (χ4v) is 4.07. The Hall–Kier alpha value is -2.86. The smallest absolute Gasteiger partial charge is 0.261 e. The normalized spacial score (nSPS) is 20.2. The molecule has 6 heteroatoms. The molecule has 152 valence electrons. The summed E-state index contributed by atoms with van der Waals surface area (Å²) in [5, 5.41) is 0. The first-order chi connectivity index (χ1) is 14.1. The summed E-state index contributed by atoms with van der Waals surface area (Å²) in [4.78, 5) is 30.9. The van der Waals surface area contributed by atoms with Crippen LogP contribution >= 0.6 is 0 Å². The van der Waals surface area contributed by atoms with E-state index < -0.39 is 0 Å². The first-order valence-corrected chi connectivity index (χ1v) is 10.2. The van der Waals surface area contributed by atoms with Crippen LogP contribution in [0.1, 0.15) is 24.4 Å². The molecule has 2 aliphatic heterocycles. The number of amides is 2. The predicted octanol–water partition coefficient (Wildman–Crippen LogP) is 2.71. The van der Waals surface area contributed by atoms with Crippen LogP contribution in [0.25, 0.3) is 0 Å². The molecule has 6 nitrogen and oxygen atoms in total. The van der Waals surface area contributed by atoms with Gasteiger partial charge in [-0.05, 0) is 31.2 Å². The summed E-state index contributed by atoms with van der Waals surface area (Å²) in [5.41, 5.74) is 1.97. The van der Waals surface area contributed by atoms with Gasteiger partial charge in [0.05, 0.1) is 6.04 Å². The fraction of sp³-hybridized carbons (Fsp3) is 0.391. The summed E-state index contributed by atoms with van der Waals surface area (Å²) >= 11 is 0. The second-order valence-corrected chi connectivity index (χ2v) is 7.71. The molecule has 0 radical (unpaired) electrons. The van der Waals surface area contributed by atoms with E-state index in [1.54, 1.807) is 4.90 Å². The Labute approximate surface area is 171 Å². The number of carbonyl (C=O) groups excluding carboxylic acids is 2. The van der Waals surface area contributed by atoms with Crippen LogP contribution < -0.4 is 9.64 Å². The molecule has 2 aliphatic rings. The van der Waals surface area contributed by atoms with Gasteiger partial charge in [0.25, 0.3) is 5.91 Å². The lowest BCUT2D eigenvalue weighted by atomic mass is 10.0. The zero-order chi connectivity index (χ0) is 20.2. The molecule has 29 heavy (non-hydrogen) atoms. The van der Waals surface area contributed by atoms with Gasteiger partial charge in [0.2, 0.25) is 5.91 Å². The minimum absolute atomic E-state index is 0.00948. The van der Waals surface area contributed by atoms with E-state index in [-0.39, 0.29) is 24.5 Å². The van der Waals surface area contributed by atoms with Crippen LogP contribution in [-0.2, 0) is 9.59 Å². The maximum absolute atomic E-state index is 13.0.